The van der Waals surface area contributed by atoms with E-state index >= 15 is 0 Å². The molecule has 1 aliphatic rings. The van der Waals surface area contributed by atoms with Crippen LogP contribution >= 0.6 is 11.6 Å². The first-order valence-electron chi connectivity index (χ1n) is 9.15. The minimum atomic E-state index is -5.22. The van der Waals surface area contributed by atoms with Crippen molar-refractivity contribution < 1.29 is 36.2 Å². The van der Waals surface area contributed by atoms with E-state index < -0.39 is 27.5 Å². The number of carbonyl (C=O) groups excluding carboxylic acids is 1. The summed E-state index contributed by atoms with van der Waals surface area (Å²) in [5, 5.41) is 18.3. The van der Waals surface area contributed by atoms with Crippen LogP contribution in [-0.2, 0) is 19.4 Å². The number of benzene rings is 1. The molecule has 1 amide bonds. The van der Waals surface area contributed by atoms with Crippen LogP contribution in [-0.4, -0.2) is 67.7 Å². The second-order valence-corrected chi connectivity index (χ2v) is 9.30. The van der Waals surface area contributed by atoms with E-state index in [9.17, 15) is 31.5 Å². The summed E-state index contributed by atoms with van der Waals surface area (Å²) in [6.07, 6.45) is -5.22. The number of anilines is 2. The Morgan fingerprint density at radius 3 is 2.38 bits per heavy atom. The fourth-order valence-electron chi connectivity index (χ4n) is 2.68. The molecular weight excluding hydrogens is 477 g/mol. The molecule has 1 atom stereocenters. The van der Waals surface area contributed by atoms with Crippen LogP contribution in [0.2, 0.25) is 5.02 Å². The summed E-state index contributed by atoms with van der Waals surface area (Å²) >= 11 is 5.96. The lowest BCUT2D eigenvalue weighted by molar-refractivity contribution is -0.242. The van der Waals surface area contributed by atoms with Crippen molar-refractivity contribution in [2.75, 3.05) is 36.5 Å². The third-order valence-corrected chi connectivity index (χ3v) is 6.69. The minimum Gasteiger partial charge on any atom is -0.378 e. The summed E-state index contributed by atoms with van der Waals surface area (Å²) in [4.78, 5) is 13.4. The van der Waals surface area contributed by atoms with Gasteiger partial charge in [-0.2, -0.15) is 13.2 Å². The number of ether oxygens (including phenoxy) is 1. The van der Waals surface area contributed by atoms with Crippen LogP contribution in [0.1, 0.15) is 6.92 Å². The number of rotatable bonds is 5. The molecular formula is C18H18ClF3N4O5S. The molecule has 2 aromatic rings. The van der Waals surface area contributed by atoms with Crippen LogP contribution in [0, 0.1) is 0 Å². The van der Waals surface area contributed by atoms with Crippen molar-refractivity contribution in [2.24, 2.45) is 0 Å². The highest BCUT2D eigenvalue weighted by Gasteiger charge is 2.55. The van der Waals surface area contributed by atoms with Crippen LogP contribution in [0.15, 0.2) is 40.3 Å². The maximum absolute atomic E-state index is 12.8. The lowest BCUT2D eigenvalue weighted by Crippen LogP contribution is -2.52. The molecule has 0 bridgehead atoms. The molecule has 14 heteroatoms. The van der Waals surface area contributed by atoms with Gasteiger partial charge in [-0.1, -0.05) is 11.6 Å². The van der Waals surface area contributed by atoms with Crippen LogP contribution in [0.3, 0.4) is 0 Å². The largest absolute Gasteiger partial charge is 0.426 e. The number of morpholine rings is 1. The van der Waals surface area contributed by atoms with Gasteiger partial charge in [0.1, 0.15) is 0 Å². The molecule has 3 rings (SSSR count). The Labute approximate surface area is 186 Å². The molecule has 1 saturated heterocycles. The summed E-state index contributed by atoms with van der Waals surface area (Å²) in [6.45, 7) is 2.49. The van der Waals surface area contributed by atoms with Gasteiger partial charge >= 0.3 is 6.18 Å². The molecule has 9 nitrogen and oxygen atoms in total. The van der Waals surface area contributed by atoms with Gasteiger partial charge in [0, 0.05) is 13.1 Å². The molecule has 1 fully saturated rings. The smallest absolute Gasteiger partial charge is 0.378 e. The number of alkyl halides is 3. The fourth-order valence-corrected chi connectivity index (χ4v) is 4.12. The van der Waals surface area contributed by atoms with E-state index in [0.29, 0.717) is 32.1 Å². The standard InChI is InChI=1S/C18H18ClF3N4O5S/c1-17(28,18(20,21)22)16(27)23-13-3-2-11(10-12(13)19)32(29,30)15-5-4-14(24-25-15)26-6-8-31-9-7-26/h2-5,10,28H,6-9H2,1H3,(H,23,27). The lowest BCUT2D eigenvalue weighted by Gasteiger charge is -2.27. The van der Waals surface area contributed by atoms with Crippen LogP contribution < -0.4 is 10.2 Å². The molecule has 32 heavy (non-hydrogen) atoms. The highest BCUT2D eigenvalue weighted by Crippen LogP contribution is 2.33. The van der Waals surface area contributed by atoms with Crippen molar-refractivity contribution >= 4 is 38.9 Å². The van der Waals surface area contributed by atoms with Crippen LogP contribution in [0.5, 0.6) is 0 Å². The minimum absolute atomic E-state index is 0.286. The Balaban J connectivity index is 1.81. The van der Waals surface area contributed by atoms with Crippen molar-refractivity contribution in [2.45, 2.75) is 28.6 Å². The van der Waals surface area contributed by atoms with Crippen LogP contribution in [0.4, 0.5) is 24.7 Å². The second kappa shape index (κ2) is 8.81. The normalized spacial score (nSPS) is 17.0. The number of hydrogen-bond donors (Lipinski definition) is 2. The summed E-state index contributed by atoms with van der Waals surface area (Å²) in [7, 11) is -4.15. The number of aromatic nitrogens is 2. The first-order valence-corrected chi connectivity index (χ1v) is 11.0. The second-order valence-electron chi connectivity index (χ2n) is 7.00. The van der Waals surface area contributed by atoms with Crippen LogP contribution in [0.25, 0.3) is 0 Å². The van der Waals surface area contributed by atoms with Crippen molar-refractivity contribution in [3.8, 4) is 0 Å². The number of amides is 1. The number of aliphatic hydroxyl groups is 1. The Morgan fingerprint density at radius 1 is 1.19 bits per heavy atom. The predicted molar refractivity (Wildman–Crippen MR) is 107 cm³/mol. The van der Waals surface area contributed by atoms with Crippen molar-refractivity contribution in [3.05, 3.63) is 35.4 Å². The monoisotopic (exact) mass is 494 g/mol. The van der Waals surface area contributed by atoms with Crippen molar-refractivity contribution in [3.63, 3.8) is 0 Å². The number of sulfone groups is 1. The summed E-state index contributed by atoms with van der Waals surface area (Å²) in [5.74, 6) is -1.29. The molecule has 0 saturated carbocycles. The first kappa shape index (κ1) is 24.2. The summed E-state index contributed by atoms with van der Waals surface area (Å²) in [5.41, 5.74) is -3.98. The number of halogens is 4. The molecule has 0 spiro atoms. The SMILES string of the molecule is CC(O)(C(=O)Nc1ccc(S(=O)(=O)c2ccc(N3CCOCC3)nn2)cc1Cl)C(F)(F)F. The van der Waals surface area contributed by atoms with E-state index in [1.54, 1.807) is 0 Å². The summed E-state index contributed by atoms with van der Waals surface area (Å²) in [6, 6.07) is 5.77. The molecule has 0 aliphatic carbocycles. The number of nitrogens with one attached hydrogen (secondary N) is 1. The zero-order valence-corrected chi connectivity index (χ0v) is 18.1. The van der Waals surface area contributed by atoms with Gasteiger partial charge in [0.05, 0.1) is 28.8 Å². The van der Waals surface area contributed by atoms with Gasteiger partial charge in [0.25, 0.3) is 5.91 Å². The van der Waals surface area contributed by atoms with E-state index in [4.69, 9.17) is 16.3 Å². The highest BCUT2D eigenvalue weighted by atomic mass is 35.5. The Hall–Kier alpha value is -2.48. The van der Waals surface area contributed by atoms with Crippen molar-refractivity contribution in [1.82, 2.24) is 10.2 Å². The van der Waals surface area contributed by atoms with E-state index in [1.807, 2.05) is 10.2 Å². The first-order chi connectivity index (χ1) is 14.8. The Kier molecular flexibility index (Phi) is 6.65. The number of hydrogen-bond acceptors (Lipinski definition) is 8. The predicted octanol–water partition coefficient (Wildman–Crippen LogP) is 2.05. The molecule has 1 aromatic carbocycles. The van der Waals surface area contributed by atoms with Crippen molar-refractivity contribution in [1.29, 1.82) is 0 Å². The maximum atomic E-state index is 12.8. The maximum Gasteiger partial charge on any atom is 0.426 e. The number of carbonyl (C=O) groups is 1. The fraction of sp³-hybridized carbons (Fsp3) is 0.389. The Bertz CT molecular complexity index is 1100. The topological polar surface area (TPSA) is 122 Å². The van der Waals surface area contributed by atoms with Gasteiger partial charge in [-0.05, 0) is 37.3 Å². The van der Waals surface area contributed by atoms with E-state index in [-0.39, 0.29) is 27.6 Å². The average Bonchev–Trinajstić information content (AvgIpc) is 2.75. The zero-order valence-electron chi connectivity index (χ0n) is 16.6. The van der Waals surface area contributed by atoms with E-state index in [2.05, 4.69) is 10.2 Å². The third-order valence-electron chi connectivity index (χ3n) is 4.73. The molecule has 2 heterocycles. The molecule has 2 N–H and O–H groups in total. The van der Waals surface area contributed by atoms with Gasteiger partial charge in [-0.15, -0.1) is 10.2 Å². The molecule has 174 valence electrons. The highest BCUT2D eigenvalue weighted by molar-refractivity contribution is 7.91. The van der Waals surface area contributed by atoms with Gasteiger partial charge < -0.3 is 20.1 Å². The van der Waals surface area contributed by atoms with Gasteiger partial charge in [0.2, 0.25) is 15.4 Å². The average molecular weight is 495 g/mol. The zero-order chi connectivity index (χ0) is 23.7. The van der Waals surface area contributed by atoms with E-state index in [0.717, 1.165) is 18.2 Å². The van der Waals surface area contributed by atoms with Gasteiger partial charge in [-0.25, -0.2) is 8.42 Å². The molecule has 1 aliphatic heterocycles. The Morgan fingerprint density at radius 2 is 1.84 bits per heavy atom. The van der Waals surface area contributed by atoms with Gasteiger partial charge in [0.15, 0.2) is 10.8 Å². The molecule has 1 aromatic heterocycles. The summed E-state index contributed by atoms with van der Waals surface area (Å²) < 4.78 is 69.3. The lowest BCUT2D eigenvalue weighted by atomic mass is 10.1. The van der Waals surface area contributed by atoms with E-state index in [1.165, 1.54) is 12.1 Å². The van der Waals surface area contributed by atoms with Gasteiger partial charge in [-0.3, -0.25) is 4.79 Å². The molecule has 0 radical (unpaired) electrons. The number of nitrogens with zero attached hydrogens (tertiary/aromatic N) is 3. The third kappa shape index (κ3) is 4.80. The molecule has 1 unspecified atom stereocenters. The quantitative estimate of drug-likeness (QED) is 0.647.